The van der Waals surface area contributed by atoms with Crippen molar-refractivity contribution in [2.24, 2.45) is 0 Å². The van der Waals surface area contributed by atoms with E-state index in [0.29, 0.717) is 22.8 Å². The third kappa shape index (κ3) is 3.76. The second-order valence-electron chi connectivity index (χ2n) is 5.56. The van der Waals surface area contributed by atoms with Crippen LogP contribution in [0.25, 0.3) is 0 Å². The predicted octanol–water partition coefficient (Wildman–Crippen LogP) is 4.68. The highest BCUT2D eigenvalue weighted by atomic mass is 35.5. The molecule has 0 aromatic heterocycles. The Morgan fingerprint density at radius 2 is 1.92 bits per heavy atom. The van der Waals surface area contributed by atoms with Crippen molar-refractivity contribution in [2.75, 3.05) is 11.1 Å². The first-order chi connectivity index (χ1) is 12.4. The van der Waals surface area contributed by atoms with Crippen LogP contribution in [-0.2, 0) is 0 Å². The largest absolute Gasteiger partial charge is 0.465 e. The van der Waals surface area contributed by atoms with E-state index in [1.807, 2.05) is 0 Å². The Morgan fingerprint density at radius 1 is 1.19 bits per heavy atom. The maximum atomic E-state index is 14.3. The highest BCUT2D eigenvalue weighted by Crippen LogP contribution is 2.40. The van der Waals surface area contributed by atoms with Crippen molar-refractivity contribution in [3.05, 3.63) is 58.1 Å². The smallest absolute Gasteiger partial charge is 0.405 e. The van der Waals surface area contributed by atoms with Gasteiger partial charge in [0.15, 0.2) is 0 Å². The standard InChI is InChI=1S/C17H13ClF2N2O3S/c18-10-7-8(1-3-11(10)19)21-16(23)9-2-4-12(20)14-13(22-17(24)25)5-6-26-15(9)14/h1-4,7,13,22H,5-6H2,(H,21,23)(H,24,25). The molecule has 0 saturated heterocycles. The normalized spacial score (nSPS) is 15.9. The lowest BCUT2D eigenvalue weighted by Gasteiger charge is -2.27. The first kappa shape index (κ1) is 18.5. The Morgan fingerprint density at radius 3 is 2.62 bits per heavy atom. The summed E-state index contributed by atoms with van der Waals surface area (Å²) in [4.78, 5) is 23.9. The zero-order valence-electron chi connectivity index (χ0n) is 13.2. The summed E-state index contributed by atoms with van der Waals surface area (Å²) in [6.07, 6.45) is -0.845. The van der Waals surface area contributed by atoms with E-state index in [9.17, 15) is 18.4 Å². The molecule has 2 aromatic rings. The molecule has 26 heavy (non-hydrogen) atoms. The minimum absolute atomic E-state index is 0.135. The Labute approximate surface area is 156 Å². The highest BCUT2D eigenvalue weighted by Gasteiger charge is 2.29. The van der Waals surface area contributed by atoms with Gasteiger partial charge in [-0.15, -0.1) is 11.8 Å². The number of carboxylic acid groups (broad SMARTS) is 1. The van der Waals surface area contributed by atoms with Gasteiger partial charge in [0, 0.05) is 21.9 Å². The van der Waals surface area contributed by atoms with Crippen LogP contribution in [0.2, 0.25) is 5.02 Å². The fourth-order valence-corrected chi connectivity index (χ4v) is 4.17. The minimum Gasteiger partial charge on any atom is -0.465 e. The Balaban J connectivity index is 1.94. The SMILES string of the molecule is O=C(O)NC1CCSc2c(C(=O)Nc3ccc(F)c(Cl)c3)ccc(F)c21. The number of anilines is 1. The maximum Gasteiger partial charge on any atom is 0.405 e. The number of amides is 2. The summed E-state index contributed by atoms with van der Waals surface area (Å²) in [6, 6.07) is 5.50. The summed E-state index contributed by atoms with van der Waals surface area (Å²) < 4.78 is 27.5. The summed E-state index contributed by atoms with van der Waals surface area (Å²) >= 11 is 6.99. The summed E-state index contributed by atoms with van der Waals surface area (Å²) in [5, 5.41) is 13.7. The number of fused-ring (bicyclic) bond motifs is 1. The number of halogens is 3. The molecule has 1 aliphatic rings. The van der Waals surface area contributed by atoms with Crippen LogP contribution in [0.15, 0.2) is 35.2 Å². The first-order valence-electron chi connectivity index (χ1n) is 7.58. The minimum atomic E-state index is -1.26. The van der Waals surface area contributed by atoms with Crippen molar-refractivity contribution in [3.63, 3.8) is 0 Å². The fraction of sp³-hybridized carbons (Fsp3) is 0.176. The number of hydrogen-bond donors (Lipinski definition) is 3. The monoisotopic (exact) mass is 398 g/mol. The number of hydrogen-bond acceptors (Lipinski definition) is 3. The highest BCUT2D eigenvalue weighted by molar-refractivity contribution is 7.99. The van der Waals surface area contributed by atoms with Crippen molar-refractivity contribution in [1.29, 1.82) is 0 Å². The molecule has 1 atom stereocenters. The van der Waals surface area contributed by atoms with Crippen LogP contribution in [0.4, 0.5) is 19.3 Å². The molecular weight excluding hydrogens is 386 g/mol. The summed E-state index contributed by atoms with van der Waals surface area (Å²) in [5.41, 5.74) is 0.665. The lowest BCUT2D eigenvalue weighted by Crippen LogP contribution is -2.30. The third-order valence-corrected chi connectivity index (χ3v) is 5.32. The van der Waals surface area contributed by atoms with E-state index in [0.717, 1.165) is 12.1 Å². The van der Waals surface area contributed by atoms with E-state index in [1.165, 1.54) is 30.0 Å². The van der Waals surface area contributed by atoms with Gasteiger partial charge in [-0.3, -0.25) is 4.79 Å². The fourth-order valence-electron chi connectivity index (χ4n) is 2.72. The number of carbonyl (C=O) groups is 2. The van der Waals surface area contributed by atoms with E-state index in [4.69, 9.17) is 16.7 Å². The Bertz CT molecular complexity index is 895. The second kappa shape index (κ2) is 7.51. The van der Waals surface area contributed by atoms with Crippen molar-refractivity contribution in [2.45, 2.75) is 17.4 Å². The molecule has 0 bridgehead atoms. The Kier molecular flexibility index (Phi) is 5.33. The molecule has 2 aromatic carbocycles. The molecule has 1 unspecified atom stereocenters. The third-order valence-electron chi connectivity index (χ3n) is 3.86. The molecule has 0 radical (unpaired) electrons. The molecular formula is C17H13ClF2N2O3S. The van der Waals surface area contributed by atoms with Crippen LogP contribution in [-0.4, -0.2) is 22.9 Å². The van der Waals surface area contributed by atoms with E-state index in [-0.39, 0.29) is 16.1 Å². The molecule has 9 heteroatoms. The second-order valence-corrected chi connectivity index (χ2v) is 7.07. The molecule has 0 aliphatic carbocycles. The van der Waals surface area contributed by atoms with Gasteiger partial charge in [-0.2, -0.15) is 0 Å². The molecule has 136 valence electrons. The van der Waals surface area contributed by atoms with Crippen LogP contribution in [0, 0.1) is 11.6 Å². The van der Waals surface area contributed by atoms with Crippen LogP contribution in [0.5, 0.6) is 0 Å². The lowest BCUT2D eigenvalue weighted by molar-refractivity contribution is 0.102. The molecule has 2 amide bonds. The quantitative estimate of drug-likeness (QED) is 0.701. The summed E-state index contributed by atoms with van der Waals surface area (Å²) in [6.45, 7) is 0. The maximum absolute atomic E-state index is 14.3. The predicted molar refractivity (Wildman–Crippen MR) is 95.0 cm³/mol. The lowest BCUT2D eigenvalue weighted by atomic mass is 10.00. The zero-order valence-corrected chi connectivity index (χ0v) is 14.8. The topological polar surface area (TPSA) is 78.4 Å². The molecule has 0 spiro atoms. The van der Waals surface area contributed by atoms with Gasteiger partial charge in [0.2, 0.25) is 0 Å². The summed E-state index contributed by atoms with van der Waals surface area (Å²) in [5.74, 6) is -1.17. The number of carbonyl (C=O) groups excluding carboxylic acids is 1. The molecule has 5 nitrogen and oxygen atoms in total. The van der Waals surface area contributed by atoms with Crippen molar-refractivity contribution < 1.29 is 23.5 Å². The number of rotatable bonds is 3. The number of benzene rings is 2. The van der Waals surface area contributed by atoms with Gasteiger partial charge in [0.25, 0.3) is 5.91 Å². The van der Waals surface area contributed by atoms with Crippen LogP contribution < -0.4 is 10.6 Å². The number of nitrogens with one attached hydrogen (secondary N) is 2. The van der Waals surface area contributed by atoms with E-state index in [1.54, 1.807) is 0 Å². The average molecular weight is 399 g/mol. The molecule has 3 N–H and O–H groups in total. The van der Waals surface area contributed by atoms with Gasteiger partial charge in [-0.05, 0) is 36.8 Å². The summed E-state index contributed by atoms with van der Waals surface area (Å²) in [7, 11) is 0. The van der Waals surface area contributed by atoms with Gasteiger partial charge in [-0.25, -0.2) is 13.6 Å². The van der Waals surface area contributed by atoms with Crippen molar-refractivity contribution in [1.82, 2.24) is 5.32 Å². The van der Waals surface area contributed by atoms with Gasteiger partial charge in [-0.1, -0.05) is 11.6 Å². The molecule has 0 saturated carbocycles. The van der Waals surface area contributed by atoms with E-state index >= 15 is 0 Å². The van der Waals surface area contributed by atoms with Gasteiger partial charge >= 0.3 is 6.09 Å². The van der Waals surface area contributed by atoms with Gasteiger partial charge in [0.05, 0.1) is 16.6 Å². The molecule has 3 rings (SSSR count). The average Bonchev–Trinajstić information content (AvgIpc) is 2.58. The van der Waals surface area contributed by atoms with Gasteiger partial charge in [0.1, 0.15) is 11.6 Å². The molecule has 1 aliphatic heterocycles. The first-order valence-corrected chi connectivity index (χ1v) is 8.94. The molecule has 0 fully saturated rings. The van der Waals surface area contributed by atoms with E-state index < -0.39 is 29.7 Å². The van der Waals surface area contributed by atoms with Crippen LogP contribution in [0.1, 0.15) is 28.4 Å². The van der Waals surface area contributed by atoms with E-state index in [2.05, 4.69) is 10.6 Å². The molecule has 1 heterocycles. The van der Waals surface area contributed by atoms with Crippen LogP contribution >= 0.6 is 23.4 Å². The van der Waals surface area contributed by atoms with Crippen molar-refractivity contribution >= 4 is 41.1 Å². The zero-order chi connectivity index (χ0) is 18.8. The Hall–Kier alpha value is -2.32. The number of thioether (sulfide) groups is 1. The van der Waals surface area contributed by atoms with Crippen molar-refractivity contribution in [3.8, 4) is 0 Å². The van der Waals surface area contributed by atoms with Gasteiger partial charge < -0.3 is 15.7 Å². The van der Waals surface area contributed by atoms with Crippen LogP contribution in [0.3, 0.4) is 0 Å².